The van der Waals surface area contributed by atoms with Crippen LogP contribution in [0.3, 0.4) is 0 Å². The Morgan fingerprint density at radius 2 is 1.52 bits per heavy atom. The molecule has 2 nitrogen and oxygen atoms in total. The predicted octanol–water partition coefficient (Wildman–Crippen LogP) is 8.38. The standard InChI is InChI=1S/C25H22Cl2N2/c1-25-15-9-8-14-21(25)28-24-22(25)20(16-19(26)23(24)27)29(17-10-4-2-5-11-17)18-12-6-3-7-13-18/h2-7,10-13,16H,8-9,14-15H2,1H3. The lowest BCUT2D eigenvalue weighted by Gasteiger charge is -2.36. The van der Waals surface area contributed by atoms with E-state index >= 15 is 0 Å². The molecule has 1 aliphatic heterocycles. The Bertz CT molecular complexity index is 1050. The number of hydrogen-bond donors (Lipinski definition) is 0. The van der Waals surface area contributed by atoms with Crippen LogP contribution in [0.1, 0.15) is 38.2 Å². The zero-order valence-corrected chi connectivity index (χ0v) is 17.8. The van der Waals surface area contributed by atoms with Gasteiger partial charge in [-0.05, 0) is 49.6 Å². The van der Waals surface area contributed by atoms with Crippen molar-refractivity contribution in [2.24, 2.45) is 4.99 Å². The number of aliphatic imine (C=N–C) groups is 1. The Morgan fingerprint density at radius 3 is 2.14 bits per heavy atom. The van der Waals surface area contributed by atoms with E-state index in [0.717, 1.165) is 35.6 Å². The second-order valence-corrected chi connectivity index (χ2v) is 8.80. The first-order chi connectivity index (χ1) is 14.1. The number of fused-ring (bicyclic) bond motifs is 3. The summed E-state index contributed by atoms with van der Waals surface area (Å²) in [4.78, 5) is 7.29. The maximum absolute atomic E-state index is 6.68. The molecule has 1 aliphatic carbocycles. The Hall–Kier alpha value is -2.29. The monoisotopic (exact) mass is 420 g/mol. The Morgan fingerprint density at radius 1 is 0.897 bits per heavy atom. The lowest BCUT2D eigenvalue weighted by atomic mass is 9.70. The normalized spacial score (nSPS) is 20.0. The lowest BCUT2D eigenvalue weighted by Crippen LogP contribution is -2.34. The van der Waals surface area contributed by atoms with Crippen LogP contribution in [0.25, 0.3) is 0 Å². The van der Waals surface area contributed by atoms with E-state index in [2.05, 4.69) is 60.4 Å². The van der Waals surface area contributed by atoms with Gasteiger partial charge in [0.25, 0.3) is 0 Å². The number of anilines is 3. The molecular weight excluding hydrogens is 399 g/mol. The average molecular weight is 421 g/mol. The fraction of sp³-hybridized carbons (Fsp3) is 0.240. The van der Waals surface area contributed by atoms with Crippen molar-refractivity contribution in [1.82, 2.24) is 0 Å². The molecule has 0 radical (unpaired) electrons. The number of para-hydroxylation sites is 2. The topological polar surface area (TPSA) is 15.6 Å². The third kappa shape index (κ3) is 2.97. The highest BCUT2D eigenvalue weighted by Gasteiger charge is 2.44. The highest BCUT2D eigenvalue weighted by atomic mass is 35.5. The molecule has 1 fully saturated rings. The van der Waals surface area contributed by atoms with Crippen LogP contribution in [-0.2, 0) is 5.41 Å². The zero-order chi connectivity index (χ0) is 20.0. The van der Waals surface area contributed by atoms with Crippen molar-refractivity contribution in [3.8, 4) is 0 Å². The number of halogens is 2. The van der Waals surface area contributed by atoms with Gasteiger partial charge in [0.15, 0.2) is 0 Å². The van der Waals surface area contributed by atoms with E-state index in [-0.39, 0.29) is 5.41 Å². The summed E-state index contributed by atoms with van der Waals surface area (Å²) in [5, 5.41) is 1.11. The van der Waals surface area contributed by atoms with Crippen molar-refractivity contribution in [2.75, 3.05) is 4.90 Å². The minimum Gasteiger partial charge on any atom is -0.310 e. The maximum Gasteiger partial charge on any atom is 0.0893 e. The van der Waals surface area contributed by atoms with E-state index in [4.69, 9.17) is 28.2 Å². The van der Waals surface area contributed by atoms with Crippen LogP contribution in [0.4, 0.5) is 22.7 Å². The number of rotatable bonds is 3. The van der Waals surface area contributed by atoms with Crippen LogP contribution in [0, 0.1) is 0 Å². The van der Waals surface area contributed by atoms with Crippen LogP contribution in [0.2, 0.25) is 10.0 Å². The van der Waals surface area contributed by atoms with Gasteiger partial charge in [-0.25, -0.2) is 0 Å². The third-order valence-corrected chi connectivity index (χ3v) is 7.00. The van der Waals surface area contributed by atoms with Gasteiger partial charge in [0.2, 0.25) is 0 Å². The van der Waals surface area contributed by atoms with E-state index in [0.29, 0.717) is 10.0 Å². The summed E-state index contributed by atoms with van der Waals surface area (Å²) in [5.41, 5.74) is 6.44. The SMILES string of the molecule is CC12CCCCC1=Nc1c(Cl)c(Cl)cc(N(c3ccccc3)c3ccccc3)c12. The van der Waals surface area contributed by atoms with Crippen molar-refractivity contribution in [1.29, 1.82) is 0 Å². The Labute approximate surface area is 181 Å². The summed E-state index contributed by atoms with van der Waals surface area (Å²) in [5.74, 6) is 0. The van der Waals surface area contributed by atoms with E-state index in [9.17, 15) is 0 Å². The molecule has 29 heavy (non-hydrogen) atoms. The molecule has 1 unspecified atom stereocenters. The predicted molar refractivity (Wildman–Crippen MR) is 124 cm³/mol. The minimum atomic E-state index is -0.0983. The van der Waals surface area contributed by atoms with Gasteiger partial charge in [0, 0.05) is 28.1 Å². The van der Waals surface area contributed by atoms with Gasteiger partial charge in [-0.15, -0.1) is 0 Å². The maximum atomic E-state index is 6.68. The first kappa shape index (κ1) is 18.7. The molecule has 5 rings (SSSR count). The van der Waals surface area contributed by atoms with Gasteiger partial charge in [-0.1, -0.05) is 72.9 Å². The first-order valence-corrected chi connectivity index (χ1v) is 10.9. The van der Waals surface area contributed by atoms with E-state index in [1.807, 2.05) is 18.2 Å². The molecule has 1 heterocycles. The molecule has 0 bridgehead atoms. The minimum absolute atomic E-state index is 0.0983. The van der Waals surface area contributed by atoms with Crippen molar-refractivity contribution in [3.63, 3.8) is 0 Å². The number of benzene rings is 3. The smallest absolute Gasteiger partial charge is 0.0893 e. The summed E-state index contributed by atoms with van der Waals surface area (Å²) in [6, 6.07) is 22.8. The molecule has 2 aliphatic rings. The fourth-order valence-corrected chi connectivity index (χ4v) is 5.17. The number of hydrogen-bond acceptors (Lipinski definition) is 2. The quantitative estimate of drug-likeness (QED) is 0.415. The summed E-state index contributed by atoms with van der Waals surface area (Å²) in [7, 11) is 0. The van der Waals surface area contributed by atoms with Crippen molar-refractivity contribution in [2.45, 2.75) is 38.0 Å². The van der Waals surface area contributed by atoms with Crippen LogP contribution < -0.4 is 4.90 Å². The second kappa shape index (κ2) is 7.19. The molecule has 0 saturated heterocycles. The molecule has 0 aromatic heterocycles. The van der Waals surface area contributed by atoms with Gasteiger partial charge in [-0.2, -0.15) is 0 Å². The van der Waals surface area contributed by atoms with Gasteiger partial charge < -0.3 is 4.90 Å². The van der Waals surface area contributed by atoms with Gasteiger partial charge in [0.05, 0.1) is 21.4 Å². The molecule has 0 amide bonds. The third-order valence-electron chi connectivity index (χ3n) is 6.22. The molecule has 4 heteroatoms. The molecule has 0 spiro atoms. The number of nitrogens with zero attached hydrogens (tertiary/aromatic N) is 2. The largest absolute Gasteiger partial charge is 0.310 e. The van der Waals surface area contributed by atoms with E-state index in [1.54, 1.807) is 0 Å². The molecule has 1 atom stereocenters. The van der Waals surface area contributed by atoms with Crippen LogP contribution >= 0.6 is 23.2 Å². The highest BCUT2D eigenvalue weighted by Crippen LogP contribution is 2.56. The molecule has 3 aromatic rings. The molecule has 1 saturated carbocycles. The van der Waals surface area contributed by atoms with Gasteiger partial charge >= 0.3 is 0 Å². The van der Waals surface area contributed by atoms with E-state index < -0.39 is 0 Å². The Balaban J connectivity index is 1.80. The lowest BCUT2D eigenvalue weighted by molar-refractivity contribution is 0.499. The second-order valence-electron chi connectivity index (χ2n) is 8.02. The van der Waals surface area contributed by atoms with Crippen molar-refractivity contribution < 1.29 is 0 Å². The molecule has 3 aromatic carbocycles. The van der Waals surface area contributed by atoms with Crippen LogP contribution in [0.15, 0.2) is 71.7 Å². The summed E-state index contributed by atoms with van der Waals surface area (Å²) >= 11 is 13.3. The van der Waals surface area contributed by atoms with Crippen molar-refractivity contribution in [3.05, 3.63) is 82.3 Å². The highest BCUT2D eigenvalue weighted by molar-refractivity contribution is 6.44. The fourth-order valence-electron chi connectivity index (χ4n) is 4.78. The zero-order valence-electron chi connectivity index (χ0n) is 16.3. The van der Waals surface area contributed by atoms with E-state index in [1.165, 1.54) is 24.1 Å². The summed E-state index contributed by atoms with van der Waals surface area (Å²) < 4.78 is 0. The average Bonchev–Trinajstić information content (AvgIpc) is 3.07. The van der Waals surface area contributed by atoms with Gasteiger partial charge in [-0.3, -0.25) is 4.99 Å². The molecular formula is C25H22Cl2N2. The summed E-state index contributed by atoms with van der Waals surface area (Å²) in [6.45, 7) is 2.32. The summed E-state index contributed by atoms with van der Waals surface area (Å²) in [6.07, 6.45) is 4.49. The van der Waals surface area contributed by atoms with Gasteiger partial charge in [0.1, 0.15) is 0 Å². The van der Waals surface area contributed by atoms with Crippen LogP contribution in [-0.4, -0.2) is 5.71 Å². The molecule has 0 N–H and O–H groups in total. The Kier molecular flexibility index (Phi) is 4.64. The van der Waals surface area contributed by atoms with Crippen LogP contribution in [0.5, 0.6) is 0 Å². The molecule has 146 valence electrons. The first-order valence-electron chi connectivity index (χ1n) is 10.1. The van der Waals surface area contributed by atoms with Crippen molar-refractivity contribution >= 4 is 51.7 Å².